The molecule has 30 heavy (non-hydrogen) atoms. The standard InChI is InChI=1S/C25H32N2O2S/c1-24-9-7-16(28)12-15(24)5-6-18-19(24)8-10-25(2)20(18)13-21-22(25)27-23(30-21)26-14-17-4-3-11-29-17/h3-5,11,16,18-20,28H,6-10,12-14H2,1-2H3,(H,26,27)/t16-,18?,19?,20?,24-,25-/m0/s1. The molecule has 2 heterocycles. The highest BCUT2D eigenvalue weighted by Gasteiger charge is 2.58. The van der Waals surface area contributed by atoms with Crippen molar-refractivity contribution in [2.45, 2.75) is 76.9 Å². The first-order valence-electron chi connectivity index (χ1n) is 11.6. The van der Waals surface area contributed by atoms with E-state index < -0.39 is 0 Å². The smallest absolute Gasteiger partial charge is 0.183 e. The van der Waals surface area contributed by atoms with Crippen LogP contribution in [0.25, 0.3) is 0 Å². The Hall–Kier alpha value is -1.59. The molecule has 2 saturated carbocycles. The van der Waals surface area contributed by atoms with Gasteiger partial charge in [-0.3, -0.25) is 0 Å². The van der Waals surface area contributed by atoms with Gasteiger partial charge in [0.05, 0.1) is 24.6 Å². The summed E-state index contributed by atoms with van der Waals surface area (Å²) >= 11 is 1.86. The lowest BCUT2D eigenvalue weighted by molar-refractivity contribution is -0.0169. The van der Waals surface area contributed by atoms with Crippen molar-refractivity contribution in [3.8, 4) is 0 Å². The molecule has 5 heteroatoms. The maximum Gasteiger partial charge on any atom is 0.183 e. The van der Waals surface area contributed by atoms with E-state index in [0.717, 1.165) is 42.0 Å². The minimum atomic E-state index is -0.121. The van der Waals surface area contributed by atoms with Crippen molar-refractivity contribution < 1.29 is 9.52 Å². The summed E-state index contributed by atoms with van der Waals surface area (Å²) in [7, 11) is 0. The number of nitrogens with zero attached hydrogens (tertiary/aromatic N) is 1. The minimum Gasteiger partial charge on any atom is -0.467 e. The van der Waals surface area contributed by atoms with E-state index in [-0.39, 0.29) is 11.5 Å². The second-order valence-corrected chi connectivity index (χ2v) is 11.6. The van der Waals surface area contributed by atoms with Gasteiger partial charge in [0, 0.05) is 10.3 Å². The van der Waals surface area contributed by atoms with Crippen LogP contribution in [-0.2, 0) is 18.4 Å². The summed E-state index contributed by atoms with van der Waals surface area (Å²) in [6.45, 7) is 5.69. The topological polar surface area (TPSA) is 58.3 Å². The molecule has 6 atom stereocenters. The zero-order valence-electron chi connectivity index (χ0n) is 18.0. The monoisotopic (exact) mass is 424 g/mol. The van der Waals surface area contributed by atoms with E-state index in [0.29, 0.717) is 17.9 Å². The molecule has 0 saturated heterocycles. The quantitative estimate of drug-likeness (QED) is 0.622. The zero-order chi connectivity index (χ0) is 20.5. The molecular weight excluding hydrogens is 392 g/mol. The van der Waals surface area contributed by atoms with Crippen LogP contribution in [0.4, 0.5) is 5.13 Å². The van der Waals surface area contributed by atoms with Crippen LogP contribution in [0, 0.1) is 23.2 Å². The molecule has 3 unspecified atom stereocenters. The maximum absolute atomic E-state index is 10.2. The highest BCUT2D eigenvalue weighted by Crippen LogP contribution is 2.64. The van der Waals surface area contributed by atoms with Crippen molar-refractivity contribution in [2.75, 3.05) is 5.32 Å². The molecule has 4 aliphatic rings. The summed E-state index contributed by atoms with van der Waals surface area (Å²) < 4.78 is 5.45. The summed E-state index contributed by atoms with van der Waals surface area (Å²) in [4.78, 5) is 6.61. The molecule has 2 fully saturated rings. The third-order valence-corrected chi connectivity index (χ3v) is 10.1. The Kier molecular flexibility index (Phi) is 4.27. The van der Waals surface area contributed by atoms with Gasteiger partial charge in [-0.25, -0.2) is 4.98 Å². The maximum atomic E-state index is 10.2. The zero-order valence-corrected chi connectivity index (χ0v) is 18.8. The fourth-order valence-corrected chi connectivity index (χ4v) is 8.57. The van der Waals surface area contributed by atoms with E-state index in [1.54, 1.807) is 11.8 Å². The van der Waals surface area contributed by atoms with Crippen molar-refractivity contribution in [1.29, 1.82) is 0 Å². The Balaban J connectivity index is 1.25. The molecule has 4 aliphatic carbocycles. The van der Waals surface area contributed by atoms with Crippen LogP contribution >= 0.6 is 11.3 Å². The van der Waals surface area contributed by atoms with Gasteiger partial charge in [-0.15, -0.1) is 11.3 Å². The third-order valence-electron chi connectivity index (χ3n) is 9.11. The number of aliphatic hydroxyl groups excluding tert-OH is 1. The molecule has 0 bridgehead atoms. The predicted molar refractivity (Wildman–Crippen MR) is 120 cm³/mol. The van der Waals surface area contributed by atoms with Gasteiger partial charge in [0.25, 0.3) is 0 Å². The van der Waals surface area contributed by atoms with E-state index in [1.807, 2.05) is 23.5 Å². The Morgan fingerprint density at radius 3 is 2.90 bits per heavy atom. The van der Waals surface area contributed by atoms with Crippen molar-refractivity contribution in [3.63, 3.8) is 0 Å². The number of anilines is 1. The fraction of sp³-hybridized carbons (Fsp3) is 0.640. The molecular formula is C25H32N2O2S. The van der Waals surface area contributed by atoms with E-state index in [1.165, 1.54) is 36.3 Å². The summed E-state index contributed by atoms with van der Waals surface area (Å²) in [5, 5.41) is 14.7. The minimum absolute atomic E-state index is 0.121. The van der Waals surface area contributed by atoms with Crippen LogP contribution in [-0.4, -0.2) is 16.2 Å². The molecule has 0 spiro atoms. The van der Waals surface area contributed by atoms with Gasteiger partial charge < -0.3 is 14.8 Å². The molecule has 2 N–H and O–H groups in total. The van der Waals surface area contributed by atoms with Gasteiger partial charge in [0.2, 0.25) is 0 Å². The first-order valence-corrected chi connectivity index (χ1v) is 12.4. The summed E-state index contributed by atoms with van der Waals surface area (Å²) in [5.74, 6) is 3.19. The van der Waals surface area contributed by atoms with Crippen LogP contribution in [0.3, 0.4) is 0 Å². The number of rotatable bonds is 3. The Labute approximate surface area is 182 Å². The van der Waals surface area contributed by atoms with Crippen LogP contribution in [0.5, 0.6) is 0 Å². The van der Waals surface area contributed by atoms with Gasteiger partial charge >= 0.3 is 0 Å². The van der Waals surface area contributed by atoms with Gasteiger partial charge in [-0.1, -0.05) is 25.5 Å². The average molecular weight is 425 g/mol. The number of thiazole rings is 1. The normalized spacial score (nSPS) is 39.5. The van der Waals surface area contributed by atoms with Gasteiger partial charge in [-0.05, 0) is 80.2 Å². The first-order chi connectivity index (χ1) is 14.5. The number of nitrogens with one attached hydrogen (secondary N) is 1. The summed E-state index contributed by atoms with van der Waals surface area (Å²) in [5.41, 5.74) is 3.45. The van der Waals surface area contributed by atoms with Gasteiger partial charge in [0.1, 0.15) is 5.76 Å². The van der Waals surface area contributed by atoms with Crippen LogP contribution < -0.4 is 5.32 Å². The molecule has 0 aromatic carbocycles. The number of furan rings is 1. The van der Waals surface area contributed by atoms with Crippen molar-refractivity contribution >= 4 is 16.5 Å². The van der Waals surface area contributed by atoms with Crippen molar-refractivity contribution in [3.05, 3.63) is 46.4 Å². The first kappa shape index (κ1) is 19.1. The van der Waals surface area contributed by atoms with Crippen molar-refractivity contribution in [2.24, 2.45) is 23.2 Å². The second kappa shape index (κ2) is 6.70. The van der Waals surface area contributed by atoms with E-state index in [4.69, 9.17) is 9.40 Å². The average Bonchev–Trinajstić information content (AvgIpc) is 3.43. The number of hydrogen-bond donors (Lipinski definition) is 2. The highest BCUT2D eigenvalue weighted by atomic mass is 32.1. The Morgan fingerprint density at radius 1 is 1.20 bits per heavy atom. The summed E-state index contributed by atoms with van der Waals surface area (Å²) in [6.07, 6.45) is 12.1. The molecule has 6 rings (SSSR count). The van der Waals surface area contributed by atoms with E-state index >= 15 is 0 Å². The number of hydrogen-bond acceptors (Lipinski definition) is 5. The lowest BCUT2D eigenvalue weighted by Gasteiger charge is -2.57. The van der Waals surface area contributed by atoms with Crippen LogP contribution in [0.2, 0.25) is 0 Å². The lowest BCUT2D eigenvalue weighted by atomic mass is 9.48. The fourth-order valence-electron chi connectivity index (χ4n) is 7.42. The molecule has 4 nitrogen and oxygen atoms in total. The van der Waals surface area contributed by atoms with Crippen LogP contribution in [0.15, 0.2) is 34.5 Å². The molecule has 0 amide bonds. The molecule has 2 aromatic heterocycles. The number of fused-ring (bicyclic) bond motifs is 7. The number of allylic oxidation sites excluding steroid dienone is 1. The largest absolute Gasteiger partial charge is 0.467 e. The molecule has 2 aromatic rings. The SMILES string of the molecule is C[C@]12CC[C@H](O)CC1=CCC1C2CC[C@]2(C)c3nc(NCc4ccco4)sc3CC12. The Bertz CT molecular complexity index is 979. The second-order valence-electron chi connectivity index (χ2n) is 10.5. The van der Waals surface area contributed by atoms with Crippen LogP contribution in [0.1, 0.15) is 68.7 Å². The lowest BCUT2D eigenvalue weighted by Crippen LogP contribution is -2.51. The van der Waals surface area contributed by atoms with Gasteiger partial charge in [-0.2, -0.15) is 0 Å². The molecule has 0 radical (unpaired) electrons. The van der Waals surface area contributed by atoms with Gasteiger partial charge in [0.15, 0.2) is 5.13 Å². The Morgan fingerprint density at radius 2 is 2.07 bits per heavy atom. The summed E-state index contributed by atoms with van der Waals surface area (Å²) in [6, 6.07) is 3.93. The molecule has 0 aliphatic heterocycles. The van der Waals surface area contributed by atoms with E-state index in [9.17, 15) is 5.11 Å². The number of aliphatic hydroxyl groups is 1. The van der Waals surface area contributed by atoms with Crippen molar-refractivity contribution in [1.82, 2.24) is 4.98 Å². The van der Waals surface area contributed by atoms with E-state index in [2.05, 4.69) is 25.2 Å². The predicted octanol–water partition coefficient (Wildman–Crippen LogP) is 5.69. The number of aromatic nitrogens is 1. The third kappa shape index (κ3) is 2.70. The molecule has 160 valence electrons. The highest BCUT2D eigenvalue weighted by molar-refractivity contribution is 7.15.